The van der Waals surface area contributed by atoms with E-state index in [0.29, 0.717) is 22.8 Å². The summed E-state index contributed by atoms with van der Waals surface area (Å²) in [5.41, 5.74) is 1.71. The largest absolute Gasteiger partial charge is 0.463 e. The second kappa shape index (κ2) is 5.83. The van der Waals surface area contributed by atoms with Crippen LogP contribution in [0.4, 0.5) is 4.79 Å². The van der Waals surface area contributed by atoms with Crippen LogP contribution in [0.25, 0.3) is 0 Å². The minimum Gasteiger partial charge on any atom is -0.463 e. The highest BCUT2D eigenvalue weighted by Gasteiger charge is 2.35. The lowest BCUT2D eigenvalue weighted by molar-refractivity contribution is -0.139. The second-order valence-electron chi connectivity index (χ2n) is 5.27. The molecule has 0 bridgehead atoms. The molecule has 1 atom stereocenters. The molecule has 23 heavy (non-hydrogen) atoms. The van der Waals surface area contributed by atoms with Crippen molar-refractivity contribution in [3.63, 3.8) is 0 Å². The first-order valence-corrected chi connectivity index (χ1v) is 7.34. The first-order valence-electron chi connectivity index (χ1n) is 7.34. The van der Waals surface area contributed by atoms with Gasteiger partial charge in [-0.05, 0) is 31.5 Å². The number of carbonyl (C=O) groups is 2. The van der Waals surface area contributed by atoms with E-state index in [2.05, 4.69) is 5.32 Å². The number of allylic oxidation sites excluding steroid dienone is 1. The number of rotatable bonds is 3. The number of nitrogens with one attached hydrogen (secondary N) is 1. The Morgan fingerprint density at radius 2 is 2.13 bits per heavy atom. The van der Waals surface area contributed by atoms with Crippen molar-refractivity contribution >= 4 is 12.0 Å². The van der Waals surface area contributed by atoms with Gasteiger partial charge in [0.1, 0.15) is 0 Å². The van der Waals surface area contributed by atoms with Gasteiger partial charge >= 0.3 is 12.0 Å². The quantitative estimate of drug-likeness (QED) is 0.862. The number of benzene rings is 1. The van der Waals surface area contributed by atoms with E-state index in [1.54, 1.807) is 39.1 Å². The number of urea groups is 1. The third kappa shape index (κ3) is 2.58. The minimum atomic E-state index is -0.591. The highest BCUT2D eigenvalue weighted by atomic mass is 16.7. The molecule has 1 aromatic carbocycles. The zero-order valence-electron chi connectivity index (χ0n) is 13.2. The van der Waals surface area contributed by atoms with Gasteiger partial charge in [-0.1, -0.05) is 6.07 Å². The summed E-state index contributed by atoms with van der Waals surface area (Å²) in [6.07, 6.45) is 0. The summed E-state index contributed by atoms with van der Waals surface area (Å²) in [6, 6.07) is 4.47. The lowest BCUT2D eigenvalue weighted by Crippen LogP contribution is -2.46. The van der Waals surface area contributed by atoms with Crippen LogP contribution in [0.3, 0.4) is 0 Å². The fourth-order valence-corrected chi connectivity index (χ4v) is 2.65. The van der Waals surface area contributed by atoms with Gasteiger partial charge < -0.3 is 24.4 Å². The number of ether oxygens (including phenoxy) is 3. The van der Waals surface area contributed by atoms with Gasteiger partial charge in [-0.2, -0.15) is 0 Å². The molecule has 0 aliphatic carbocycles. The van der Waals surface area contributed by atoms with E-state index in [0.717, 1.165) is 5.56 Å². The summed E-state index contributed by atoms with van der Waals surface area (Å²) in [6.45, 7) is 3.90. The smallest absolute Gasteiger partial charge is 0.338 e. The Kier molecular flexibility index (Phi) is 3.85. The summed E-state index contributed by atoms with van der Waals surface area (Å²) in [7, 11) is 1.61. The van der Waals surface area contributed by atoms with Crippen LogP contribution in [0.1, 0.15) is 25.5 Å². The van der Waals surface area contributed by atoms with Gasteiger partial charge in [0.05, 0.1) is 18.2 Å². The van der Waals surface area contributed by atoms with Crippen LogP contribution in [0.15, 0.2) is 29.5 Å². The van der Waals surface area contributed by atoms with E-state index >= 15 is 0 Å². The highest BCUT2D eigenvalue weighted by Crippen LogP contribution is 2.37. The molecule has 1 N–H and O–H groups in total. The Morgan fingerprint density at radius 1 is 1.39 bits per heavy atom. The third-order valence-corrected chi connectivity index (χ3v) is 3.98. The van der Waals surface area contributed by atoms with E-state index < -0.39 is 12.0 Å². The van der Waals surface area contributed by atoms with Gasteiger partial charge in [0.15, 0.2) is 11.5 Å². The summed E-state index contributed by atoms with van der Waals surface area (Å²) in [5, 5.41) is 2.83. The predicted octanol–water partition coefficient (Wildman–Crippen LogP) is 1.95. The van der Waals surface area contributed by atoms with Crippen molar-refractivity contribution in [3.05, 3.63) is 35.0 Å². The van der Waals surface area contributed by atoms with Crippen molar-refractivity contribution in [2.75, 3.05) is 20.4 Å². The Labute approximate surface area is 133 Å². The van der Waals surface area contributed by atoms with Gasteiger partial charge in [0.2, 0.25) is 6.79 Å². The summed E-state index contributed by atoms with van der Waals surface area (Å²) < 4.78 is 15.8. The molecule has 0 saturated carbocycles. The number of fused-ring (bicyclic) bond motifs is 1. The van der Waals surface area contributed by atoms with E-state index in [9.17, 15) is 9.59 Å². The number of hydrogen-bond acceptors (Lipinski definition) is 5. The van der Waals surface area contributed by atoms with Gasteiger partial charge in [-0.15, -0.1) is 0 Å². The summed E-state index contributed by atoms with van der Waals surface area (Å²) >= 11 is 0. The molecule has 122 valence electrons. The molecular weight excluding hydrogens is 300 g/mol. The number of carbonyl (C=O) groups excluding carboxylic acids is 2. The Morgan fingerprint density at radius 3 is 2.87 bits per heavy atom. The van der Waals surface area contributed by atoms with Crippen LogP contribution in [-0.4, -0.2) is 37.3 Å². The molecule has 3 rings (SSSR count). The van der Waals surface area contributed by atoms with Crippen molar-refractivity contribution in [3.8, 4) is 11.5 Å². The Bertz CT molecular complexity index is 698. The minimum absolute atomic E-state index is 0.165. The lowest BCUT2D eigenvalue weighted by Gasteiger charge is -2.33. The number of hydrogen-bond donors (Lipinski definition) is 1. The Balaban J connectivity index is 2.04. The van der Waals surface area contributed by atoms with E-state index in [-0.39, 0.29) is 19.4 Å². The van der Waals surface area contributed by atoms with E-state index in [1.807, 2.05) is 0 Å². The third-order valence-electron chi connectivity index (χ3n) is 3.98. The van der Waals surface area contributed by atoms with Gasteiger partial charge in [0.25, 0.3) is 0 Å². The van der Waals surface area contributed by atoms with Crippen molar-refractivity contribution in [2.45, 2.75) is 19.9 Å². The molecule has 0 unspecified atom stereocenters. The van der Waals surface area contributed by atoms with Gasteiger partial charge in [-0.3, -0.25) is 0 Å². The molecule has 1 aromatic rings. The molecule has 7 nitrogen and oxygen atoms in total. The van der Waals surface area contributed by atoms with Crippen LogP contribution in [-0.2, 0) is 9.53 Å². The molecular formula is C16H18N2O5. The van der Waals surface area contributed by atoms with Gasteiger partial charge in [0, 0.05) is 12.7 Å². The van der Waals surface area contributed by atoms with Crippen LogP contribution in [0.2, 0.25) is 0 Å². The van der Waals surface area contributed by atoms with Crippen molar-refractivity contribution < 1.29 is 23.8 Å². The van der Waals surface area contributed by atoms with Crippen LogP contribution in [0.5, 0.6) is 11.5 Å². The first kappa shape index (κ1) is 15.2. The maximum Gasteiger partial charge on any atom is 0.338 e. The van der Waals surface area contributed by atoms with E-state index in [1.165, 1.54) is 4.90 Å². The first-order chi connectivity index (χ1) is 11.0. The normalized spacial score (nSPS) is 19.7. The fourth-order valence-electron chi connectivity index (χ4n) is 2.65. The average Bonchev–Trinajstić information content (AvgIpc) is 2.99. The van der Waals surface area contributed by atoms with Crippen LogP contribution in [0, 0.1) is 0 Å². The fraction of sp³-hybridized carbons (Fsp3) is 0.375. The molecule has 7 heteroatoms. The molecule has 2 amide bonds. The highest BCUT2D eigenvalue weighted by molar-refractivity contribution is 5.95. The molecule has 0 fully saturated rings. The summed E-state index contributed by atoms with van der Waals surface area (Å²) in [5.74, 6) is 0.794. The molecule has 0 aromatic heterocycles. The van der Waals surface area contributed by atoms with Crippen molar-refractivity contribution in [1.29, 1.82) is 0 Å². The standard InChI is InChI=1S/C16H18N2O5/c1-4-21-15(19)13-9(2)18(3)16(20)17-14(13)10-5-6-11-12(7-10)23-8-22-11/h5-7,14H,4,8H2,1-3H3,(H,17,20)/t14-/m1/s1. The maximum atomic E-state index is 12.4. The van der Waals surface area contributed by atoms with Crippen molar-refractivity contribution in [2.24, 2.45) is 0 Å². The summed E-state index contributed by atoms with van der Waals surface area (Å²) in [4.78, 5) is 25.9. The molecule has 0 spiro atoms. The van der Waals surface area contributed by atoms with Crippen molar-refractivity contribution in [1.82, 2.24) is 10.2 Å². The number of nitrogens with zero attached hydrogens (tertiary/aromatic N) is 1. The lowest BCUT2D eigenvalue weighted by atomic mass is 9.95. The number of amides is 2. The monoisotopic (exact) mass is 318 g/mol. The maximum absolute atomic E-state index is 12.4. The van der Waals surface area contributed by atoms with E-state index in [4.69, 9.17) is 14.2 Å². The van der Waals surface area contributed by atoms with Crippen LogP contribution < -0.4 is 14.8 Å². The topological polar surface area (TPSA) is 77.1 Å². The molecule has 2 heterocycles. The molecule has 0 radical (unpaired) electrons. The zero-order valence-corrected chi connectivity index (χ0v) is 13.2. The molecule has 0 saturated heterocycles. The second-order valence-corrected chi connectivity index (χ2v) is 5.27. The number of esters is 1. The molecule has 2 aliphatic rings. The zero-order chi connectivity index (χ0) is 16.6. The van der Waals surface area contributed by atoms with Gasteiger partial charge in [-0.25, -0.2) is 9.59 Å². The SMILES string of the molecule is CCOC(=O)C1=C(C)N(C)C(=O)N[C@@H]1c1ccc2c(c1)OCO2. The Hall–Kier alpha value is -2.70. The average molecular weight is 318 g/mol. The predicted molar refractivity (Wildman–Crippen MR) is 80.9 cm³/mol. The van der Waals surface area contributed by atoms with Crippen LogP contribution >= 0.6 is 0 Å². The molecule has 2 aliphatic heterocycles.